The average molecular weight is 195 g/mol. The summed E-state index contributed by atoms with van der Waals surface area (Å²) in [6.45, 7) is 2.57. The highest BCUT2D eigenvalue weighted by atomic mass is 35.6. The third-order valence-corrected chi connectivity index (χ3v) is 3.92. The third-order valence-electron chi connectivity index (χ3n) is 0.358. The van der Waals surface area contributed by atoms with Crippen molar-refractivity contribution in [2.45, 2.75) is 13.1 Å². The van der Waals surface area contributed by atoms with Gasteiger partial charge in [-0.1, -0.05) is 0 Å². The maximum atomic E-state index is 11.4. The highest BCUT2D eigenvalue weighted by molar-refractivity contribution is 7.17. The lowest BCUT2D eigenvalue weighted by Gasteiger charge is -2.13. The van der Waals surface area contributed by atoms with Crippen molar-refractivity contribution in [3.8, 4) is 0 Å². The third kappa shape index (κ3) is 8.47. The summed E-state index contributed by atoms with van der Waals surface area (Å²) in [5.74, 6) is 0. The van der Waals surface area contributed by atoms with Crippen LogP contribution in [0.25, 0.3) is 0 Å². The Bertz CT molecular complexity index is 85.0. The van der Waals surface area contributed by atoms with Gasteiger partial charge in [-0.3, -0.25) is 0 Å². The van der Waals surface area contributed by atoms with Crippen LogP contribution in [0.2, 0.25) is 13.1 Å². The molecule has 0 aromatic rings. The van der Waals surface area contributed by atoms with Gasteiger partial charge in [0.1, 0.15) is 0 Å². The van der Waals surface area contributed by atoms with Crippen LogP contribution >= 0.6 is 11.1 Å². The van der Waals surface area contributed by atoms with Crippen LogP contribution in [0.15, 0.2) is 0 Å². The van der Waals surface area contributed by atoms with Gasteiger partial charge < -0.3 is 4.12 Å². The van der Waals surface area contributed by atoms with Crippen molar-refractivity contribution in [3.05, 3.63) is 0 Å². The molecule has 7 heteroatoms. The fourth-order valence-corrected chi connectivity index (χ4v) is 3.26. The molecule has 0 rings (SSSR count). The molecule has 0 spiro atoms. The number of hydrogen-bond acceptors (Lipinski definition) is 1. The molecular weight excluding hydrogens is 189 g/mol. The highest BCUT2D eigenvalue weighted by Gasteiger charge is 2.46. The molecule has 1 nitrogen and oxygen atoms in total. The predicted octanol–water partition coefficient (Wildman–Crippen LogP) is 2.29. The first-order chi connectivity index (χ1) is 3.71. The molecule has 0 amide bonds. The van der Waals surface area contributed by atoms with Gasteiger partial charge >= 0.3 is 9.32 Å². The van der Waals surface area contributed by atoms with Crippen molar-refractivity contribution in [2.24, 2.45) is 0 Å². The quantitative estimate of drug-likeness (QED) is 0.484. The largest absolute Gasteiger partial charge is 0.792 e. The van der Waals surface area contributed by atoms with E-state index < -0.39 is 16.9 Å². The van der Waals surface area contributed by atoms with E-state index in [1.165, 1.54) is 13.1 Å². The number of halogens is 4. The number of hydrogen-bond donors (Lipinski definition) is 0. The molecule has 0 unspecified atom stereocenters. The standard InChI is InChI=1S/C2H6ClF3OSi2/c1-8(2,3)7-9(4,5)6/h1-2H3. The van der Waals surface area contributed by atoms with E-state index >= 15 is 0 Å². The van der Waals surface area contributed by atoms with Crippen LogP contribution in [0.5, 0.6) is 0 Å². The summed E-state index contributed by atoms with van der Waals surface area (Å²) in [6.07, 6.45) is 0. The van der Waals surface area contributed by atoms with Crippen LogP contribution < -0.4 is 0 Å². The molecule has 0 aromatic heterocycles. The molecule has 0 atom stereocenters. The van der Waals surface area contributed by atoms with Crippen molar-refractivity contribution in [3.63, 3.8) is 0 Å². The second-order valence-electron chi connectivity index (χ2n) is 1.91. The van der Waals surface area contributed by atoms with E-state index in [4.69, 9.17) is 11.1 Å². The van der Waals surface area contributed by atoms with Gasteiger partial charge in [0, 0.05) is 0 Å². The fraction of sp³-hybridized carbons (Fsp3) is 1.00. The Kier molecular flexibility index (Phi) is 2.74. The van der Waals surface area contributed by atoms with Crippen LogP contribution in [-0.2, 0) is 4.12 Å². The SMILES string of the molecule is C[Si](C)(Cl)O[Si](F)(F)F. The molecule has 9 heavy (non-hydrogen) atoms. The predicted molar refractivity (Wildman–Crippen MR) is 33.5 cm³/mol. The van der Waals surface area contributed by atoms with Crippen molar-refractivity contribution >= 4 is 28.0 Å². The Hall–Kier alpha value is 0.474. The van der Waals surface area contributed by atoms with E-state index in [0.29, 0.717) is 0 Å². The van der Waals surface area contributed by atoms with Crippen molar-refractivity contribution in [1.82, 2.24) is 0 Å². The molecule has 0 aromatic carbocycles. The van der Waals surface area contributed by atoms with Gasteiger partial charge in [-0.25, -0.2) is 12.3 Å². The van der Waals surface area contributed by atoms with E-state index in [9.17, 15) is 12.3 Å². The van der Waals surface area contributed by atoms with E-state index in [1.54, 1.807) is 0 Å². The molecule has 0 saturated carbocycles. The van der Waals surface area contributed by atoms with Gasteiger partial charge in [0.15, 0.2) is 0 Å². The molecular formula is C2H6ClF3OSi2. The van der Waals surface area contributed by atoms with E-state index in [1.807, 2.05) is 0 Å². The molecule has 0 aliphatic heterocycles. The Balaban J connectivity index is 3.75. The summed E-state index contributed by atoms with van der Waals surface area (Å²) in [4.78, 5) is 0. The van der Waals surface area contributed by atoms with Crippen LogP contribution in [-0.4, -0.2) is 16.9 Å². The summed E-state index contributed by atoms with van der Waals surface area (Å²) in [6, 6.07) is 0. The molecule has 0 aliphatic rings. The second-order valence-corrected chi connectivity index (χ2v) is 9.08. The van der Waals surface area contributed by atoms with Crippen LogP contribution in [0.1, 0.15) is 0 Å². The molecule has 56 valence electrons. The maximum Gasteiger partial charge on any atom is 0.792 e. The van der Waals surface area contributed by atoms with Gasteiger partial charge in [0.05, 0.1) is 0 Å². The van der Waals surface area contributed by atoms with Gasteiger partial charge in [0.2, 0.25) is 0 Å². The number of rotatable bonds is 2. The lowest BCUT2D eigenvalue weighted by molar-refractivity contribution is 0.298. The van der Waals surface area contributed by atoms with Crippen molar-refractivity contribution in [1.29, 1.82) is 0 Å². The first-order valence-electron chi connectivity index (χ1n) is 2.16. The van der Waals surface area contributed by atoms with Gasteiger partial charge in [-0.15, -0.1) is 11.1 Å². The monoisotopic (exact) mass is 194 g/mol. The minimum atomic E-state index is -5.86. The summed E-state index contributed by atoms with van der Waals surface area (Å²) >= 11 is 5.25. The Morgan fingerprint density at radius 2 is 1.56 bits per heavy atom. The van der Waals surface area contributed by atoms with Gasteiger partial charge in [-0.2, -0.15) is 0 Å². The molecule has 0 N–H and O–H groups in total. The zero-order valence-electron chi connectivity index (χ0n) is 4.92. The van der Waals surface area contributed by atoms with Crippen LogP contribution in [0, 0.1) is 0 Å². The normalized spacial score (nSPS) is 14.0. The average Bonchev–Trinajstić information content (AvgIpc) is 1.14. The highest BCUT2D eigenvalue weighted by Crippen LogP contribution is 2.20. The summed E-state index contributed by atoms with van der Waals surface area (Å²) < 4.78 is 37.9. The minimum Gasteiger partial charge on any atom is -0.371 e. The minimum absolute atomic E-state index is 1.29. The first-order valence-corrected chi connectivity index (χ1v) is 7.63. The first kappa shape index (κ1) is 9.47. The Morgan fingerprint density at radius 1 is 1.22 bits per heavy atom. The van der Waals surface area contributed by atoms with Crippen LogP contribution in [0.3, 0.4) is 0 Å². The summed E-state index contributed by atoms with van der Waals surface area (Å²) in [5, 5.41) is 0. The molecule has 0 heterocycles. The zero-order chi connectivity index (χ0) is 7.71. The molecule has 0 fully saturated rings. The van der Waals surface area contributed by atoms with Crippen molar-refractivity contribution in [2.75, 3.05) is 0 Å². The van der Waals surface area contributed by atoms with E-state index in [0.717, 1.165) is 0 Å². The summed E-state index contributed by atoms with van der Waals surface area (Å²) in [5.41, 5.74) is 0. The maximum absolute atomic E-state index is 11.4. The molecule has 0 radical (unpaired) electrons. The fourth-order valence-electron chi connectivity index (χ4n) is 0.275. The topological polar surface area (TPSA) is 9.23 Å². The van der Waals surface area contributed by atoms with Gasteiger partial charge in [0.25, 0.3) is 7.63 Å². The Morgan fingerprint density at radius 3 is 1.56 bits per heavy atom. The van der Waals surface area contributed by atoms with Gasteiger partial charge in [-0.05, 0) is 13.1 Å². The van der Waals surface area contributed by atoms with Crippen LogP contribution in [0.4, 0.5) is 12.3 Å². The second kappa shape index (κ2) is 2.61. The van der Waals surface area contributed by atoms with E-state index in [-0.39, 0.29) is 0 Å². The zero-order valence-corrected chi connectivity index (χ0v) is 7.68. The lowest BCUT2D eigenvalue weighted by Crippen LogP contribution is -2.35. The Labute approximate surface area is 58.3 Å². The van der Waals surface area contributed by atoms with Crippen molar-refractivity contribution < 1.29 is 16.4 Å². The van der Waals surface area contributed by atoms with E-state index in [2.05, 4.69) is 4.12 Å². The lowest BCUT2D eigenvalue weighted by atomic mass is 11.9. The molecule has 0 saturated heterocycles. The molecule has 0 bridgehead atoms. The summed E-state index contributed by atoms with van der Waals surface area (Å²) in [7, 11) is -8.75. The molecule has 0 aliphatic carbocycles. The smallest absolute Gasteiger partial charge is 0.371 e.